The zero-order valence-corrected chi connectivity index (χ0v) is 16.1. The summed E-state index contributed by atoms with van der Waals surface area (Å²) < 4.78 is 0. The third kappa shape index (κ3) is 3.50. The van der Waals surface area contributed by atoms with Crippen LogP contribution in [-0.4, -0.2) is 15.0 Å². The van der Waals surface area contributed by atoms with Crippen LogP contribution < -0.4 is 0 Å². The molecule has 0 aliphatic carbocycles. The third-order valence-corrected chi connectivity index (χ3v) is 4.98. The molecular weight excluding hydrogens is 354 g/mol. The molecule has 0 aliphatic heterocycles. The van der Waals surface area contributed by atoms with Gasteiger partial charge in [-0.25, -0.2) is 15.0 Å². The molecule has 138 valence electrons. The Balaban J connectivity index is 1.58. The van der Waals surface area contributed by atoms with Crippen molar-refractivity contribution in [2.45, 2.75) is 6.92 Å². The summed E-state index contributed by atoms with van der Waals surface area (Å²) in [7, 11) is 0. The predicted octanol–water partition coefficient (Wildman–Crippen LogP) is 6.33. The first-order valence-corrected chi connectivity index (χ1v) is 9.64. The Morgan fingerprint density at radius 1 is 0.448 bits per heavy atom. The molecule has 0 fully saturated rings. The third-order valence-electron chi connectivity index (χ3n) is 4.98. The van der Waals surface area contributed by atoms with Crippen molar-refractivity contribution < 1.29 is 0 Å². The van der Waals surface area contributed by atoms with E-state index in [4.69, 9.17) is 4.98 Å². The molecule has 1 heterocycles. The molecule has 0 unspecified atom stereocenters. The van der Waals surface area contributed by atoms with Gasteiger partial charge < -0.3 is 0 Å². The number of nitrogens with zero attached hydrogens (tertiary/aromatic N) is 3. The van der Waals surface area contributed by atoms with E-state index < -0.39 is 0 Å². The molecule has 3 nitrogen and oxygen atoms in total. The van der Waals surface area contributed by atoms with E-state index in [1.54, 1.807) is 0 Å². The fraction of sp³-hybridized carbons (Fsp3) is 0.0385. The van der Waals surface area contributed by atoms with Gasteiger partial charge in [0.25, 0.3) is 0 Å². The lowest BCUT2D eigenvalue weighted by Gasteiger charge is -2.08. The van der Waals surface area contributed by atoms with E-state index in [2.05, 4.69) is 70.6 Å². The SMILES string of the molecule is Cc1nc(-c2ccccc2)nc(-c2cccc(-c3ccc4ccccc4c3)c2)n1. The van der Waals surface area contributed by atoms with Crippen LogP contribution in [0.5, 0.6) is 0 Å². The van der Waals surface area contributed by atoms with Crippen LogP contribution in [0.15, 0.2) is 97.1 Å². The molecule has 0 spiro atoms. The normalized spacial score (nSPS) is 10.9. The van der Waals surface area contributed by atoms with E-state index in [0.717, 1.165) is 16.7 Å². The molecule has 29 heavy (non-hydrogen) atoms. The lowest BCUT2D eigenvalue weighted by molar-refractivity contribution is 0.992. The standard InChI is InChI=1S/C26H19N3/c1-18-27-25(20-9-3-2-4-10-20)29-26(28-18)24-13-7-12-22(17-24)23-15-14-19-8-5-6-11-21(19)16-23/h2-17H,1H3. The van der Waals surface area contributed by atoms with Gasteiger partial charge in [-0.2, -0.15) is 0 Å². The largest absolute Gasteiger partial charge is 0.213 e. The number of fused-ring (bicyclic) bond motifs is 1. The number of aryl methyl sites for hydroxylation is 1. The molecule has 3 heteroatoms. The van der Waals surface area contributed by atoms with Gasteiger partial charge in [0.2, 0.25) is 0 Å². The molecule has 0 atom stereocenters. The van der Waals surface area contributed by atoms with Crippen molar-refractivity contribution in [2.75, 3.05) is 0 Å². The van der Waals surface area contributed by atoms with Gasteiger partial charge in [-0.3, -0.25) is 0 Å². The Morgan fingerprint density at radius 2 is 1.07 bits per heavy atom. The van der Waals surface area contributed by atoms with E-state index >= 15 is 0 Å². The molecule has 0 amide bonds. The zero-order chi connectivity index (χ0) is 19.6. The minimum atomic E-state index is 0.694. The minimum absolute atomic E-state index is 0.694. The van der Waals surface area contributed by atoms with Gasteiger partial charge in [0, 0.05) is 11.1 Å². The summed E-state index contributed by atoms with van der Waals surface area (Å²) in [5, 5.41) is 2.48. The monoisotopic (exact) mass is 373 g/mol. The maximum Gasteiger partial charge on any atom is 0.163 e. The van der Waals surface area contributed by atoms with E-state index in [0.29, 0.717) is 17.5 Å². The Bertz CT molecular complexity index is 1310. The van der Waals surface area contributed by atoms with Crippen molar-refractivity contribution in [3.8, 4) is 33.9 Å². The molecule has 1 aromatic heterocycles. The summed E-state index contributed by atoms with van der Waals surface area (Å²) in [6, 6.07) is 33.4. The van der Waals surface area contributed by atoms with E-state index in [-0.39, 0.29) is 0 Å². The molecule has 4 aromatic carbocycles. The fourth-order valence-electron chi connectivity index (χ4n) is 3.53. The van der Waals surface area contributed by atoms with Crippen LogP contribution in [0.25, 0.3) is 44.7 Å². The first kappa shape index (κ1) is 17.3. The molecule has 0 saturated carbocycles. The van der Waals surface area contributed by atoms with Crippen molar-refractivity contribution in [1.82, 2.24) is 15.0 Å². The Labute approximate surface area is 169 Å². The van der Waals surface area contributed by atoms with Gasteiger partial charge in [0.15, 0.2) is 11.6 Å². The van der Waals surface area contributed by atoms with Gasteiger partial charge in [0.1, 0.15) is 5.82 Å². The average molecular weight is 373 g/mol. The van der Waals surface area contributed by atoms with Crippen LogP contribution in [0.1, 0.15) is 5.82 Å². The van der Waals surface area contributed by atoms with Crippen LogP contribution in [0.4, 0.5) is 0 Å². The molecule has 0 radical (unpaired) electrons. The van der Waals surface area contributed by atoms with Crippen LogP contribution in [-0.2, 0) is 0 Å². The van der Waals surface area contributed by atoms with Gasteiger partial charge >= 0.3 is 0 Å². The maximum absolute atomic E-state index is 4.74. The maximum atomic E-state index is 4.74. The predicted molar refractivity (Wildman–Crippen MR) is 118 cm³/mol. The number of benzene rings is 4. The van der Waals surface area contributed by atoms with Gasteiger partial charge in [-0.1, -0.05) is 84.9 Å². The van der Waals surface area contributed by atoms with Crippen molar-refractivity contribution in [3.05, 3.63) is 103 Å². The quantitative estimate of drug-likeness (QED) is 0.371. The summed E-state index contributed by atoms with van der Waals surface area (Å²) in [6.45, 7) is 1.91. The highest BCUT2D eigenvalue weighted by atomic mass is 15.0. The molecule has 0 N–H and O–H groups in total. The number of aromatic nitrogens is 3. The molecule has 5 rings (SSSR count). The highest BCUT2D eigenvalue weighted by Crippen LogP contribution is 2.28. The van der Waals surface area contributed by atoms with Crippen molar-refractivity contribution >= 4 is 10.8 Å². The van der Waals surface area contributed by atoms with Crippen molar-refractivity contribution in [1.29, 1.82) is 0 Å². The van der Waals surface area contributed by atoms with Crippen molar-refractivity contribution in [3.63, 3.8) is 0 Å². The highest BCUT2D eigenvalue weighted by molar-refractivity contribution is 5.87. The number of hydrogen-bond acceptors (Lipinski definition) is 3. The minimum Gasteiger partial charge on any atom is -0.213 e. The summed E-state index contributed by atoms with van der Waals surface area (Å²) >= 11 is 0. The zero-order valence-electron chi connectivity index (χ0n) is 16.1. The summed E-state index contributed by atoms with van der Waals surface area (Å²) in [6.07, 6.45) is 0. The van der Waals surface area contributed by atoms with Gasteiger partial charge in [0.05, 0.1) is 0 Å². The average Bonchev–Trinajstić information content (AvgIpc) is 2.79. The smallest absolute Gasteiger partial charge is 0.163 e. The first-order valence-electron chi connectivity index (χ1n) is 9.64. The Morgan fingerprint density at radius 3 is 1.90 bits per heavy atom. The van der Waals surface area contributed by atoms with Crippen LogP contribution >= 0.6 is 0 Å². The van der Waals surface area contributed by atoms with Gasteiger partial charge in [-0.15, -0.1) is 0 Å². The second kappa shape index (κ2) is 7.28. The Hall–Kier alpha value is -3.85. The second-order valence-corrected chi connectivity index (χ2v) is 7.04. The molecule has 0 aliphatic rings. The van der Waals surface area contributed by atoms with Gasteiger partial charge in [-0.05, 0) is 41.0 Å². The van der Waals surface area contributed by atoms with E-state index in [9.17, 15) is 0 Å². The number of rotatable bonds is 3. The van der Waals surface area contributed by atoms with E-state index in [1.165, 1.54) is 16.3 Å². The summed E-state index contributed by atoms with van der Waals surface area (Å²) in [5.74, 6) is 2.10. The lowest BCUT2D eigenvalue weighted by Crippen LogP contribution is -1.99. The first-order chi connectivity index (χ1) is 14.3. The molecule has 5 aromatic rings. The van der Waals surface area contributed by atoms with Crippen LogP contribution in [0, 0.1) is 6.92 Å². The second-order valence-electron chi connectivity index (χ2n) is 7.04. The highest BCUT2D eigenvalue weighted by Gasteiger charge is 2.09. The molecular formula is C26H19N3. The summed E-state index contributed by atoms with van der Waals surface area (Å²) in [4.78, 5) is 13.9. The summed E-state index contributed by atoms with van der Waals surface area (Å²) in [5.41, 5.74) is 4.30. The van der Waals surface area contributed by atoms with E-state index in [1.807, 2.05) is 43.3 Å². The molecule has 0 bridgehead atoms. The number of hydrogen-bond donors (Lipinski definition) is 0. The van der Waals surface area contributed by atoms with Crippen LogP contribution in [0.2, 0.25) is 0 Å². The van der Waals surface area contributed by atoms with Crippen LogP contribution in [0.3, 0.4) is 0 Å². The Kier molecular flexibility index (Phi) is 4.34. The lowest BCUT2D eigenvalue weighted by atomic mass is 9.99. The topological polar surface area (TPSA) is 38.7 Å². The fourth-order valence-corrected chi connectivity index (χ4v) is 3.53. The van der Waals surface area contributed by atoms with Crippen molar-refractivity contribution in [2.24, 2.45) is 0 Å². The molecule has 0 saturated heterocycles.